The summed E-state index contributed by atoms with van der Waals surface area (Å²) in [5.74, 6) is -0.294. The lowest BCUT2D eigenvalue weighted by Crippen LogP contribution is -2.13. The van der Waals surface area contributed by atoms with Gasteiger partial charge < -0.3 is 0 Å². The number of benzene rings is 1. The summed E-state index contributed by atoms with van der Waals surface area (Å²) in [7, 11) is 0. The third-order valence-electron chi connectivity index (χ3n) is 3.10. The van der Waals surface area contributed by atoms with Crippen molar-refractivity contribution in [2.45, 2.75) is 20.3 Å². The zero-order valence-corrected chi connectivity index (χ0v) is 12.6. The number of amides is 1. The van der Waals surface area contributed by atoms with Gasteiger partial charge in [-0.2, -0.15) is 0 Å². The van der Waals surface area contributed by atoms with Gasteiger partial charge in [-0.25, -0.2) is 9.97 Å². The Hall–Kier alpha value is -2.34. The van der Waals surface area contributed by atoms with Crippen molar-refractivity contribution in [3.63, 3.8) is 0 Å². The van der Waals surface area contributed by atoms with Crippen molar-refractivity contribution < 1.29 is 4.79 Å². The Labute approximate surface area is 126 Å². The van der Waals surface area contributed by atoms with Gasteiger partial charge in [-0.05, 0) is 31.0 Å². The Morgan fingerprint density at radius 2 is 2.14 bits per heavy atom. The van der Waals surface area contributed by atoms with E-state index in [0.29, 0.717) is 5.13 Å². The zero-order valence-electron chi connectivity index (χ0n) is 11.8. The van der Waals surface area contributed by atoms with Gasteiger partial charge in [-0.15, -0.1) is 0 Å². The van der Waals surface area contributed by atoms with Gasteiger partial charge in [0.2, 0.25) is 0 Å². The number of rotatable bonds is 3. The van der Waals surface area contributed by atoms with E-state index < -0.39 is 0 Å². The SMILES string of the molecule is CCc1ccc2nc(NC(=O)c3cnc(C)cn3)sc2c1. The van der Waals surface area contributed by atoms with Gasteiger partial charge in [-0.3, -0.25) is 15.1 Å². The summed E-state index contributed by atoms with van der Waals surface area (Å²) in [4.78, 5) is 24.6. The second-order valence-electron chi connectivity index (χ2n) is 4.67. The molecular weight excluding hydrogens is 284 g/mol. The number of aromatic nitrogens is 3. The van der Waals surface area contributed by atoms with Crippen molar-refractivity contribution in [1.82, 2.24) is 15.0 Å². The van der Waals surface area contributed by atoms with Crippen molar-refractivity contribution >= 4 is 32.6 Å². The Kier molecular flexibility index (Phi) is 3.62. The van der Waals surface area contributed by atoms with Gasteiger partial charge in [0.25, 0.3) is 5.91 Å². The van der Waals surface area contributed by atoms with Gasteiger partial charge in [-0.1, -0.05) is 24.3 Å². The molecule has 0 atom stereocenters. The lowest BCUT2D eigenvalue weighted by atomic mass is 10.2. The first-order valence-electron chi connectivity index (χ1n) is 6.65. The van der Waals surface area contributed by atoms with E-state index in [1.54, 1.807) is 6.20 Å². The van der Waals surface area contributed by atoms with E-state index in [2.05, 4.69) is 39.3 Å². The topological polar surface area (TPSA) is 67.8 Å². The van der Waals surface area contributed by atoms with Gasteiger partial charge >= 0.3 is 0 Å². The van der Waals surface area contributed by atoms with Crippen LogP contribution in [0.4, 0.5) is 5.13 Å². The van der Waals surface area contributed by atoms with Crippen LogP contribution in [0, 0.1) is 6.92 Å². The van der Waals surface area contributed by atoms with Gasteiger partial charge in [0.1, 0.15) is 5.69 Å². The first-order chi connectivity index (χ1) is 10.2. The molecule has 1 aromatic carbocycles. The highest BCUT2D eigenvalue weighted by atomic mass is 32.1. The molecule has 2 aromatic heterocycles. The number of carbonyl (C=O) groups excluding carboxylic acids is 1. The molecule has 0 spiro atoms. The van der Waals surface area contributed by atoms with Crippen LogP contribution in [-0.4, -0.2) is 20.9 Å². The largest absolute Gasteiger partial charge is 0.296 e. The van der Waals surface area contributed by atoms with Gasteiger partial charge in [0, 0.05) is 6.20 Å². The van der Waals surface area contributed by atoms with E-state index in [0.717, 1.165) is 22.3 Å². The van der Waals surface area contributed by atoms with E-state index in [1.165, 1.54) is 23.1 Å². The summed E-state index contributed by atoms with van der Waals surface area (Å²) >= 11 is 1.46. The van der Waals surface area contributed by atoms with Gasteiger partial charge in [0.15, 0.2) is 5.13 Å². The minimum atomic E-state index is -0.294. The second kappa shape index (κ2) is 5.57. The van der Waals surface area contributed by atoms with Crippen LogP contribution in [0.25, 0.3) is 10.2 Å². The molecule has 3 aromatic rings. The number of aryl methyl sites for hydroxylation is 2. The van der Waals surface area contributed by atoms with Crippen molar-refractivity contribution in [2.24, 2.45) is 0 Å². The Balaban J connectivity index is 1.84. The highest BCUT2D eigenvalue weighted by Gasteiger charge is 2.11. The van der Waals surface area contributed by atoms with Crippen LogP contribution >= 0.6 is 11.3 Å². The number of fused-ring (bicyclic) bond motifs is 1. The smallest absolute Gasteiger partial charge is 0.277 e. The van der Waals surface area contributed by atoms with Crippen LogP contribution in [0.3, 0.4) is 0 Å². The molecule has 6 heteroatoms. The predicted molar refractivity (Wildman–Crippen MR) is 83.7 cm³/mol. The summed E-state index contributed by atoms with van der Waals surface area (Å²) in [6.45, 7) is 3.94. The number of nitrogens with zero attached hydrogens (tertiary/aromatic N) is 3. The van der Waals surface area contributed by atoms with Crippen molar-refractivity contribution in [2.75, 3.05) is 5.32 Å². The molecule has 5 nitrogen and oxygen atoms in total. The lowest BCUT2D eigenvalue weighted by Gasteiger charge is -2.00. The summed E-state index contributed by atoms with van der Waals surface area (Å²) in [5.41, 5.74) is 3.21. The number of thiazole rings is 1. The molecule has 0 radical (unpaired) electrons. The molecule has 106 valence electrons. The fourth-order valence-corrected chi connectivity index (χ4v) is 2.84. The normalized spacial score (nSPS) is 10.8. The second-order valence-corrected chi connectivity index (χ2v) is 5.70. The molecular formula is C15H14N4OS. The minimum absolute atomic E-state index is 0.286. The molecule has 0 saturated carbocycles. The quantitative estimate of drug-likeness (QED) is 0.806. The minimum Gasteiger partial charge on any atom is -0.296 e. The number of hydrogen-bond acceptors (Lipinski definition) is 5. The highest BCUT2D eigenvalue weighted by Crippen LogP contribution is 2.27. The first kappa shape index (κ1) is 13.6. The maximum atomic E-state index is 12.1. The van der Waals surface area contributed by atoms with Crippen molar-refractivity contribution in [3.8, 4) is 0 Å². The molecule has 1 N–H and O–H groups in total. The number of hydrogen-bond donors (Lipinski definition) is 1. The fourth-order valence-electron chi connectivity index (χ4n) is 1.91. The number of carbonyl (C=O) groups is 1. The maximum Gasteiger partial charge on any atom is 0.277 e. The van der Waals surface area contributed by atoms with Crippen LogP contribution < -0.4 is 5.32 Å². The molecule has 0 aliphatic rings. The molecule has 3 rings (SSSR count). The average molecular weight is 298 g/mol. The third-order valence-corrected chi connectivity index (χ3v) is 4.03. The standard InChI is InChI=1S/C15H14N4OS/c1-3-10-4-5-11-13(6-10)21-15(18-11)19-14(20)12-8-16-9(2)7-17-12/h4-8H,3H2,1-2H3,(H,18,19,20). The molecule has 21 heavy (non-hydrogen) atoms. The first-order valence-corrected chi connectivity index (χ1v) is 7.47. The molecule has 2 heterocycles. The predicted octanol–water partition coefficient (Wildman–Crippen LogP) is 3.21. The molecule has 0 aliphatic heterocycles. The third kappa shape index (κ3) is 2.90. The van der Waals surface area contributed by atoms with E-state index in [9.17, 15) is 4.79 Å². The molecule has 1 amide bonds. The van der Waals surface area contributed by atoms with Crippen LogP contribution in [0.1, 0.15) is 28.7 Å². The molecule has 0 aliphatic carbocycles. The molecule has 0 fully saturated rings. The van der Waals surface area contributed by atoms with Crippen molar-refractivity contribution in [3.05, 3.63) is 47.5 Å². The van der Waals surface area contributed by atoms with Crippen molar-refractivity contribution in [1.29, 1.82) is 0 Å². The van der Waals surface area contributed by atoms with Crippen LogP contribution in [0.15, 0.2) is 30.6 Å². The Morgan fingerprint density at radius 1 is 1.29 bits per heavy atom. The van der Waals surface area contributed by atoms with E-state index in [-0.39, 0.29) is 11.6 Å². The highest BCUT2D eigenvalue weighted by molar-refractivity contribution is 7.22. The van der Waals surface area contributed by atoms with Gasteiger partial charge in [0.05, 0.1) is 22.1 Å². The van der Waals surface area contributed by atoms with E-state index in [1.807, 2.05) is 13.0 Å². The molecule has 0 saturated heterocycles. The summed E-state index contributed by atoms with van der Waals surface area (Å²) in [5, 5.41) is 3.35. The fraction of sp³-hybridized carbons (Fsp3) is 0.200. The summed E-state index contributed by atoms with van der Waals surface area (Å²) < 4.78 is 1.07. The Bertz CT molecular complexity index is 795. The monoisotopic (exact) mass is 298 g/mol. The van der Waals surface area contributed by atoms with Crippen LogP contribution in [0.2, 0.25) is 0 Å². The molecule has 0 bridgehead atoms. The van der Waals surface area contributed by atoms with E-state index in [4.69, 9.17) is 0 Å². The average Bonchev–Trinajstić information content (AvgIpc) is 2.88. The van der Waals surface area contributed by atoms with Crippen LogP contribution in [-0.2, 0) is 6.42 Å². The lowest BCUT2D eigenvalue weighted by molar-refractivity contribution is 0.102. The van der Waals surface area contributed by atoms with E-state index >= 15 is 0 Å². The molecule has 0 unspecified atom stereocenters. The zero-order chi connectivity index (χ0) is 14.8. The Morgan fingerprint density at radius 3 is 2.86 bits per heavy atom. The number of anilines is 1. The summed E-state index contributed by atoms with van der Waals surface area (Å²) in [6, 6.07) is 6.14. The maximum absolute atomic E-state index is 12.1. The van der Waals surface area contributed by atoms with Crippen LogP contribution in [0.5, 0.6) is 0 Å². The summed E-state index contributed by atoms with van der Waals surface area (Å²) in [6.07, 6.45) is 4.02. The number of nitrogens with one attached hydrogen (secondary N) is 1.